The number of rotatable bonds is 5. The van der Waals surface area contributed by atoms with Crippen LogP contribution in [0.3, 0.4) is 0 Å². The maximum atomic E-state index is 11.6. The first kappa shape index (κ1) is 14.7. The van der Waals surface area contributed by atoms with E-state index in [2.05, 4.69) is 5.32 Å². The van der Waals surface area contributed by atoms with E-state index in [1.165, 1.54) is 11.3 Å². The van der Waals surface area contributed by atoms with Crippen molar-refractivity contribution in [3.63, 3.8) is 0 Å². The first-order chi connectivity index (χ1) is 8.32. The van der Waals surface area contributed by atoms with Gasteiger partial charge in [0.25, 0.3) is 0 Å². The van der Waals surface area contributed by atoms with Gasteiger partial charge in [0.2, 0.25) is 5.91 Å². The van der Waals surface area contributed by atoms with Gasteiger partial charge in [0.1, 0.15) is 5.00 Å². The highest BCUT2D eigenvalue weighted by molar-refractivity contribution is 7.16. The van der Waals surface area contributed by atoms with Crippen LogP contribution in [0, 0.1) is 13.8 Å². The number of aliphatic carboxylic acids is 1. The molecule has 0 aromatic carbocycles. The van der Waals surface area contributed by atoms with E-state index in [1.54, 1.807) is 0 Å². The summed E-state index contributed by atoms with van der Waals surface area (Å²) in [6.07, 6.45) is -0.188. The average Bonchev–Trinajstić information content (AvgIpc) is 2.51. The number of thiophene rings is 1. The standard InChI is InChI=1S/C12H18N2O3S/c1-6-8(3)18-12(11(6)7(2)13)14-9(15)4-5-10(16)17/h7H,4-5,13H2,1-3H3,(H,14,15)(H,16,17). The maximum absolute atomic E-state index is 11.6. The highest BCUT2D eigenvalue weighted by Crippen LogP contribution is 2.35. The monoisotopic (exact) mass is 270 g/mol. The zero-order valence-electron chi connectivity index (χ0n) is 10.7. The number of amides is 1. The highest BCUT2D eigenvalue weighted by atomic mass is 32.1. The summed E-state index contributed by atoms with van der Waals surface area (Å²) in [5, 5.41) is 12.0. The van der Waals surface area contributed by atoms with Crippen molar-refractivity contribution in [1.29, 1.82) is 0 Å². The number of anilines is 1. The molecule has 1 atom stereocenters. The van der Waals surface area contributed by atoms with Crippen molar-refractivity contribution in [3.8, 4) is 0 Å². The molecule has 6 heteroatoms. The number of nitrogens with two attached hydrogens (primary N) is 1. The van der Waals surface area contributed by atoms with Crippen LogP contribution in [0.15, 0.2) is 0 Å². The Balaban J connectivity index is 2.81. The molecule has 1 amide bonds. The fourth-order valence-electron chi connectivity index (χ4n) is 1.70. The quantitative estimate of drug-likeness (QED) is 0.764. The predicted octanol–water partition coefficient (Wildman–Crippen LogP) is 2.19. The van der Waals surface area contributed by atoms with Crippen LogP contribution < -0.4 is 11.1 Å². The number of carbonyl (C=O) groups is 2. The van der Waals surface area contributed by atoms with E-state index >= 15 is 0 Å². The fraction of sp³-hybridized carbons (Fsp3) is 0.500. The molecule has 0 radical (unpaired) electrons. The topological polar surface area (TPSA) is 92.4 Å². The summed E-state index contributed by atoms with van der Waals surface area (Å²) in [6.45, 7) is 5.80. The molecular formula is C12H18N2O3S. The molecule has 1 aromatic rings. The average molecular weight is 270 g/mol. The van der Waals surface area contributed by atoms with Gasteiger partial charge in [-0.2, -0.15) is 0 Å². The summed E-state index contributed by atoms with van der Waals surface area (Å²) < 4.78 is 0. The third kappa shape index (κ3) is 3.54. The molecule has 100 valence electrons. The summed E-state index contributed by atoms with van der Waals surface area (Å²) in [5.41, 5.74) is 7.91. The highest BCUT2D eigenvalue weighted by Gasteiger charge is 2.17. The van der Waals surface area contributed by atoms with E-state index in [-0.39, 0.29) is 24.8 Å². The van der Waals surface area contributed by atoms with E-state index in [1.807, 2.05) is 20.8 Å². The molecule has 0 aliphatic rings. The lowest BCUT2D eigenvalue weighted by Gasteiger charge is -2.10. The van der Waals surface area contributed by atoms with Gasteiger partial charge in [0.05, 0.1) is 6.42 Å². The zero-order chi connectivity index (χ0) is 13.9. The molecule has 1 rings (SSSR count). The van der Waals surface area contributed by atoms with Crippen molar-refractivity contribution in [3.05, 3.63) is 16.0 Å². The molecule has 1 aromatic heterocycles. The van der Waals surface area contributed by atoms with Crippen LogP contribution in [0.1, 0.15) is 41.8 Å². The Labute approximate surface area is 110 Å². The van der Waals surface area contributed by atoms with Crippen LogP contribution in [-0.2, 0) is 9.59 Å². The molecule has 0 spiro atoms. The van der Waals surface area contributed by atoms with Gasteiger partial charge in [0, 0.05) is 22.9 Å². The van der Waals surface area contributed by atoms with E-state index in [9.17, 15) is 9.59 Å². The van der Waals surface area contributed by atoms with Crippen molar-refractivity contribution in [2.75, 3.05) is 5.32 Å². The fourth-order valence-corrected chi connectivity index (χ4v) is 2.88. The molecule has 0 saturated heterocycles. The van der Waals surface area contributed by atoms with Crippen molar-refractivity contribution in [1.82, 2.24) is 0 Å². The molecule has 4 N–H and O–H groups in total. The Hall–Kier alpha value is -1.40. The minimum Gasteiger partial charge on any atom is -0.481 e. The second-order valence-electron chi connectivity index (χ2n) is 4.26. The van der Waals surface area contributed by atoms with Crippen molar-refractivity contribution < 1.29 is 14.7 Å². The van der Waals surface area contributed by atoms with Gasteiger partial charge >= 0.3 is 5.97 Å². The lowest BCUT2D eigenvalue weighted by molar-refractivity contribution is -0.138. The van der Waals surface area contributed by atoms with Crippen molar-refractivity contribution in [2.45, 2.75) is 39.7 Å². The van der Waals surface area contributed by atoms with Gasteiger partial charge in [-0.3, -0.25) is 9.59 Å². The summed E-state index contributed by atoms with van der Waals surface area (Å²) in [5.74, 6) is -1.27. The van der Waals surface area contributed by atoms with Gasteiger partial charge in [-0.25, -0.2) is 0 Å². The Kier molecular flexibility index (Phi) is 4.86. The summed E-state index contributed by atoms with van der Waals surface area (Å²) in [7, 11) is 0. The Morgan fingerprint density at radius 3 is 2.50 bits per heavy atom. The third-order valence-electron chi connectivity index (χ3n) is 2.71. The number of carbonyl (C=O) groups excluding carboxylic acids is 1. The third-order valence-corrected chi connectivity index (χ3v) is 3.84. The molecule has 1 heterocycles. The number of carboxylic acids is 1. The summed E-state index contributed by atoms with van der Waals surface area (Å²) >= 11 is 1.47. The van der Waals surface area contributed by atoms with E-state index in [0.717, 1.165) is 21.0 Å². The molecule has 5 nitrogen and oxygen atoms in total. The number of hydrogen-bond acceptors (Lipinski definition) is 4. The zero-order valence-corrected chi connectivity index (χ0v) is 11.6. The number of aryl methyl sites for hydroxylation is 1. The summed E-state index contributed by atoms with van der Waals surface area (Å²) in [6, 6.07) is -0.162. The van der Waals surface area contributed by atoms with Crippen molar-refractivity contribution >= 4 is 28.2 Å². The normalized spacial score (nSPS) is 12.2. The maximum Gasteiger partial charge on any atom is 0.303 e. The molecule has 18 heavy (non-hydrogen) atoms. The van der Waals surface area contributed by atoms with Gasteiger partial charge < -0.3 is 16.2 Å². The van der Waals surface area contributed by atoms with Crippen LogP contribution >= 0.6 is 11.3 Å². The van der Waals surface area contributed by atoms with E-state index in [4.69, 9.17) is 10.8 Å². The molecule has 0 fully saturated rings. The van der Waals surface area contributed by atoms with E-state index in [0.29, 0.717) is 0 Å². The first-order valence-corrected chi connectivity index (χ1v) is 6.51. The van der Waals surface area contributed by atoms with Crippen LogP contribution in [0.4, 0.5) is 5.00 Å². The van der Waals surface area contributed by atoms with Crippen molar-refractivity contribution in [2.24, 2.45) is 5.73 Å². The lowest BCUT2D eigenvalue weighted by atomic mass is 10.1. The van der Waals surface area contributed by atoms with Gasteiger partial charge in [-0.15, -0.1) is 11.3 Å². The van der Waals surface area contributed by atoms with E-state index < -0.39 is 5.97 Å². The molecule has 0 aliphatic carbocycles. The molecular weight excluding hydrogens is 252 g/mol. The van der Waals surface area contributed by atoms with Gasteiger partial charge in [-0.05, 0) is 26.3 Å². The Morgan fingerprint density at radius 1 is 1.39 bits per heavy atom. The lowest BCUT2D eigenvalue weighted by Crippen LogP contribution is -2.15. The van der Waals surface area contributed by atoms with Gasteiger partial charge in [-0.1, -0.05) is 0 Å². The molecule has 0 aliphatic heterocycles. The van der Waals surface area contributed by atoms with Crippen LogP contribution in [-0.4, -0.2) is 17.0 Å². The van der Waals surface area contributed by atoms with Gasteiger partial charge in [0.15, 0.2) is 0 Å². The second kappa shape index (κ2) is 5.97. The van der Waals surface area contributed by atoms with Crippen LogP contribution in [0.5, 0.6) is 0 Å². The largest absolute Gasteiger partial charge is 0.481 e. The number of carboxylic acid groups (broad SMARTS) is 1. The summed E-state index contributed by atoms with van der Waals surface area (Å²) in [4.78, 5) is 23.1. The SMILES string of the molecule is Cc1sc(NC(=O)CCC(=O)O)c(C(C)N)c1C. The molecule has 0 saturated carbocycles. The molecule has 0 bridgehead atoms. The Bertz CT molecular complexity index is 466. The molecule has 1 unspecified atom stereocenters. The second-order valence-corrected chi connectivity index (χ2v) is 5.48. The number of hydrogen-bond donors (Lipinski definition) is 3. The minimum absolute atomic E-state index is 0.0241. The van der Waals surface area contributed by atoms with Crippen LogP contribution in [0.25, 0.3) is 0 Å². The predicted molar refractivity (Wildman–Crippen MR) is 71.9 cm³/mol. The first-order valence-electron chi connectivity index (χ1n) is 5.70. The smallest absolute Gasteiger partial charge is 0.303 e. The Morgan fingerprint density at radius 2 is 2.00 bits per heavy atom. The minimum atomic E-state index is -0.976. The number of nitrogens with one attached hydrogen (secondary N) is 1. The van der Waals surface area contributed by atoms with Crippen LogP contribution in [0.2, 0.25) is 0 Å².